The number of ether oxygens (including phenoxy) is 1. The number of carbonyl (C=O) groups is 1. The first kappa shape index (κ1) is 13.7. The van der Waals surface area contributed by atoms with Gasteiger partial charge in [-0.25, -0.2) is 0 Å². The highest BCUT2D eigenvalue weighted by Crippen LogP contribution is 2.21. The van der Waals surface area contributed by atoms with Crippen LogP contribution in [0.3, 0.4) is 0 Å². The first-order valence-corrected chi connectivity index (χ1v) is 5.89. The van der Waals surface area contributed by atoms with E-state index in [4.69, 9.17) is 4.74 Å². The largest absolute Gasteiger partial charge is 0.370 e. The van der Waals surface area contributed by atoms with Crippen molar-refractivity contribution in [3.63, 3.8) is 0 Å². The molecule has 0 aromatic carbocycles. The van der Waals surface area contributed by atoms with Crippen molar-refractivity contribution in [3.05, 3.63) is 12.2 Å². The second kappa shape index (κ2) is 8.06. The van der Waals surface area contributed by atoms with Crippen LogP contribution in [0.25, 0.3) is 0 Å². The SMILES string of the molecule is C=C(C)C(=O)SC(CCCCC)OC. The number of carbonyl (C=O) groups excluding carboxylic acids is 1. The number of thioether (sulfide) groups is 1. The Labute approximate surface area is 91.1 Å². The Morgan fingerprint density at radius 1 is 1.50 bits per heavy atom. The molecule has 0 heterocycles. The van der Waals surface area contributed by atoms with E-state index >= 15 is 0 Å². The lowest BCUT2D eigenvalue weighted by molar-refractivity contribution is -0.108. The van der Waals surface area contributed by atoms with Crippen LogP contribution in [0.2, 0.25) is 0 Å². The Hall–Kier alpha value is -0.280. The molecule has 0 spiro atoms. The van der Waals surface area contributed by atoms with Crippen LogP contribution in [0.5, 0.6) is 0 Å². The summed E-state index contributed by atoms with van der Waals surface area (Å²) in [6, 6.07) is 0. The molecule has 0 aliphatic heterocycles. The fourth-order valence-corrected chi connectivity index (χ4v) is 1.83. The number of hydrogen-bond acceptors (Lipinski definition) is 3. The predicted molar refractivity (Wildman–Crippen MR) is 62.4 cm³/mol. The second-order valence-electron chi connectivity index (χ2n) is 3.35. The van der Waals surface area contributed by atoms with E-state index in [9.17, 15) is 4.79 Å². The highest BCUT2D eigenvalue weighted by Gasteiger charge is 2.13. The highest BCUT2D eigenvalue weighted by molar-refractivity contribution is 8.14. The first-order valence-electron chi connectivity index (χ1n) is 5.01. The monoisotopic (exact) mass is 216 g/mol. The van der Waals surface area contributed by atoms with Crippen molar-refractivity contribution in [2.24, 2.45) is 0 Å². The van der Waals surface area contributed by atoms with E-state index in [1.54, 1.807) is 14.0 Å². The second-order valence-corrected chi connectivity index (χ2v) is 4.48. The quantitative estimate of drug-likeness (QED) is 0.371. The van der Waals surface area contributed by atoms with Gasteiger partial charge < -0.3 is 4.74 Å². The number of methoxy groups -OCH3 is 1. The van der Waals surface area contributed by atoms with Gasteiger partial charge in [0.15, 0.2) is 0 Å². The molecule has 0 amide bonds. The van der Waals surface area contributed by atoms with E-state index < -0.39 is 0 Å². The molecule has 1 unspecified atom stereocenters. The topological polar surface area (TPSA) is 26.3 Å². The Balaban J connectivity index is 3.78. The summed E-state index contributed by atoms with van der Waals surface area (Å²) in [4.78, 5) is 11.3. The van der Waals surface area contributed by atoms with Gasteiger partial charge in [0.05, 0.1) is 0 Å². The minimum Gasteiger partial charge on any atom is -0.370 e. The molecule has 82 valence electrons. The highest BCUT2D eigenvalue weighted by atomic mass is 32.2. The Kier molecular flexibility index (Phi) is 7.90. The van der Waals surface area contributed by atoms with Gasteiger partial charge in [-0.15, -0.1) is 0 Å². The van der Waals surface area contributed by atoms with Gasteiger partial charge in [-0.3, -0.25) is 4.79 Å². The molecule has 0 rings (SSSR count). The lowest BCUT2D eigenvalue weighted by atomic mass is 10.2. The predicted octanol–water partition coefficient (Wildman–Crippen LogP) is 3.38. The molecule has 0 N–H and O–H groups in total. The third kappa shape index (κ3) is 6.22. The molecule has 2 nitrogen and oxygen atoms in total. The smallest absolute Gasteiger partial charge is 0.216 e. The maximum atomic E-state index is 11.3. The Morgan fingerprint density at radius 2 is 2.14 bits per heavy atom. The van der Waals surface area contributed by atoms with Gasteiger partial charge in [-0.2, -0.15) is 0 Å². The van der Waals surface area contributed by atoms with Crippen LogP contribution in [0.4, 0.5) is 0 Å². The van der Waals surface area contributed by atoms with Crippen molar-refractivity contribution >= 4 is 16.9 Å². The summed E-state index contributed by atoms with van der Waals surface area (Å²) >= 11 is 1.24. The zero-order chi connectivity index (χ0) is 11.0. The van der Waals surface area contributed by atoms with Crippen LogP contribution in [0.15, 0.2) is 12.2 Å². The molecule has 0 aromatic rings. The molecular formula is C11H20O2S. The summed E-state index contributed by atoms with van der Waals surface area (Å²) in [6.45, 7) is 7.50. The van der Waals surface area contributed by atoms with E-state index in [1.165, 1.54) is 24.6 Å². The number of rotatable bonds is 7. The summed E-state index contributed by atoms with van der Waals surface area (Å²) in [5.74, 6) is 0. The number of hydrogen-bond donors (Lipinski definition) is 0. The van der Waals surface area contributed by atoms with Gasteiger partial charge in [0, 0.05) is 7.11 Å². The molecule has 0 saturated heterocycles. The third-order valence-corrected chi connectivity index (χ3v) is 3.15. The van der Waals surface area contributed by atoms with Crippen LogP contribution < -0.4 is 0 Å². The van der Waals surface area contributed by atoms with E-state index in [0.29, 0.717) is 5.57 Å². The Morgan fingerprint density at radius 3 is 2.57 bits per heavy atom. The molecule has 0 radical (unpaired) electrons. The van der Waals surface area contributed by atoms with Crippen LogP contribution >= 0.6 is 11.8 Å². The van der Waals surface area contributed by atoms with Crippen LogP contribution in [0, 0.1) is 0 Å². The summed E-state index contributed by atoms with van der Waals surface area (Å²) in [5, 5.41) is 0.0355. The van der Waals surface area contributed by atoms with E-state index in [1.807, 2.05) is 0 Å². The molecule has 14 heavy (non-hydrogen) atoms. The van der Waals surface area contributed by atoms with Crippen LogP contribution in [-0.4, -0.2) is 17.7 Å². The van der Waals surface area contributed by atoms with Crippen molar-refractivity contribution < 1.29 is 9.53 Å². The van der Waals surface area contributed by atoms with Crippen molar-refractivity contribution in [3.8, 4) is 0 Å². The third-order valence-electron chi connectivity index (χ3n) is 1.89. The van der Waals surface area contributed by atoms with Crippen molar-refractivity contribution in [2.45, 2.75) is 45.0 Å². The average molecular weight is 216 g/mol. The molecule has 0 aliphatic rings. The van der Waals surface area contributed by atoms with Gasteiger partial charge in [0.25, 0.3) is 0 Å². The molecule has 0 bridgehead atoms. The van der Waals surface area contributed by atoms with Gasteiger partial charge in [-0.1, -0.05) is 38.1 Å². The maximum Gasteiger partial charge on any atom is 0.216 e. The van der Waals surface area contributed by atoms with Crippen LogP contribution in [0.1, 0.15) is 39.5 Å². The van der Waals surface area contributed by atoms with Crippen molar-refractivity contribution in [1.82, 2.24) is 0 Å². The van der Waals surface area contributed by atoms with Crippen molar-refractivity contribution in [1.29, 1.82) is 0 Å². The molecule has 0 aromatic heterocycles. The van der Waals surface area contributed by atoms with Crippen LogP contribution in [-0.2, 0) is 9.53 Å². The average Bonchev–Trinajstić information content (AvgIpc) is 2.16. The first-order chi connectivity index (χ1) is 6.61. The summed E-state index contributed by atoms with van der Waals surface area (Å²) in [7, 11) is 1.65. The van der Waals surface area contributed by atoms with Gasteiger partial charge >= 0.3 is 0 Å². The van der Waals surface area contributed by atoms with Gasteiger partial charge in [0.2, 0.25) is 5.12 Å². The summed E-state index contributed by atoms with van der Waals surface area (Å²) < 4.78 is 5.22. The summed E-state index contributed by atoms with van der Waals surface area (Å²) in [5.41, 5.74) is 0.582. The van der Waals surface area contributed by atoms with E-state index in [2.05, 4.69) is 13.5 Å². The molecular weight excluding hydrogens is 196 g/mol. The molecule has 3 heteroatoms. The molecule has 1 atom stereocenters. The normalized spacial score (nSPS) is 12.5. The maximum absolute atomic E-state index is 11.3. The molecule has 0 fully saturated rings. The number of unbranched alkanes of at least 4 members (excludes halogenated alkanes) is 2. The zero-order valence-corrected chi connectivity index (χ0v) is 10.2. The van der Waals surface area contributed by atoms with Crippen molar-refractivity contribution in [2.75, 3.05) is 7.11 Å². The standard InChI is InChI=1S/C11H20O2S/c1-5-6-7-8-10(13-4)14-11(12)9(2)3/h10H,2,5-8H2,1,3-4H3. The summed E-state index contributed by atoms with van der Waals surface area (Å²) in [6.07, 6.45) is 4.44. The zero-order valence-electron chi connectivity index (χ0n) is 9.34. The minimum absolute atomic E-state index is 0.00856. The minimum atomic E-state index is -0.00856. The van der Waals surface area contributed by atoms with E-state index in [-0.39, 0.29) is 10.6 Å². The van der Waals surface area contributed by atoms with E-state index in [0.717, 1.165) is 12.8 Å². The molecule has 0 saturated carbocycles. The molecule has 0 aliphatic carbocycles. The fourth-order valence-electron chi connectivity index (χ4n) is 1.01. The Bertz CT molecular complexity index is 190. The lowest BCUT2D eigenvalue weighted by Crippen LogP contribution is -2.09. The van der Waals surface area contributed by atoms with Gasteiger partial charge in [-0.05, 0) is 25.3 Å². The lowest BCUT2D eigenvalue weighted by Gasteiger charge is -2.13. The fraction of sp³-hybridized carbons (Fsp3) is 0.727. The van der Waals surface area contributed by atoms with Gasteiger partial charge in [0.1, 0.15) is 5.44 Å².